The normalized spacial score (nSPS) is 11.4. The number of H-pyrrole nitrogens is 1. The molecule has 1 aromatic heterocycles. The average molecular weight is 348 g/mol. The maximum atomic E-state index is 5.59. The number of nitrogens with zero attached hydrogens (tertiary/aromatic N) is 3. The lowest BCUT2D eigenvalue weighted by atomic mass is 10.0. The average Bonchev–Trinajstić information content (AvgIpc) is 2.95. The summed E-state index contributed by atoms with van der Waals surface area (Å²) in [6.45, 7) is 6.78. The van der Waals surface area contributed by atoms with Crippen LogP contribution in [0.4, 0.5) is 0 Å². The van der Waals surface area contributed by atoms with E-state index in [1.54, 1.807) is 18.0 Å². The topological polar surface area (TPSA) is 64.4 Å². The second-order valence-corrected chi connectivity index (χ2v) is 5.66. The van der Waals surface area contributed by atoms with E-state index in [9.17, 15) is 0 Å². The first-order valence-corrected chi connectivity index (χ1v) is 8.58. The fourth-order valence-corrected chi connectivity index (χ4v) is 2.76. The van der Waals surface area contributed by atoms with Gasteiger partial charge < -0.3 is 9.47 Å². The van der Waals surface area contributed by atoms with Crippen LogP contribution in [0.5, 0.6) is 11.5 Å². The number of rotatable bonds is 8. The molecule has 1 aromatic carbocycles. The zero-order valence-corrected chi connectivity index (χ0v) is 15.4. The molecular weight excluding hydrogens is 324 g/mol. The first-order chi connectivity index (χ1) is 11.7. The van der Waals surface area contributed by atoms with Gasteiger partial charge in [-0.3, -0.25) is 5.10 Å². The van der Waals surface area contributed by atoms with E-state index in [1.807, 2.05) is 25.1 Å². The molecule has 24 heavy (non-hydrogen) atoms. The number of benzene rings is 1. The summed E-state index contributed by atoms with van der Waals surface area (Å²) in [6, 6.07) is 5.70. The van der Waals surface area contributed by atoms with Gasteiger partial charge in [-0.15, -0.1) is 0 Å². The number of hydrogen-bond donors (Lipinski definition) is 1. The summed E-state index contributed by atoms with van der Waals surface area (Å²) in [7, 11) is 1.62. The summed E-state index contributed by atoms with van der Waals surface area (Å²) in [6.07, 6.45) is 3.68. The molecule has 6 nitrogen and oxygen atoms in total. The molecule has 0 spiro atoms. The molecule has 1 N–H and O–H groups in total. The van der Waals surface area contributed by atoms with Gasteiger partial charge in [0.15, 0.2) is 17.3 Å². The quantitative estimate of drug-likeness (QED) is 0.575. The van der Waals surface area contributed by atoms with E-state index in [2.05, 4.69) is 29.1 Å². The molecule has 0 radical (unpaired) electrons. The van der Waals surface area contributed by atoms with Crippen LogP contribution in [0.3, 0.4) is 0 Å². The van der Waals surface area contributed by atoms with Gasteiger partial charge in [0.2, 0.25) is 4.77 Å². The SMILES string of the molecule is CCOc1cccc(/C=N\n2c(C(CC)CC)n[nH]c2=S)c1OC. The highest BCUT2D eigenvalue weighted by molar-refractivity contribution is 7.71. The Labute approximate surface area is 147 Å². The van der Waals surface area contributed by atoms with Gasteiger partial charge in [-0.25, -0.2) is 0 Å². The Morgan fingerprint density at radius 1 is 1.33 bits per heavy atom. The Bertz CT molecular complexity index is 747. The molecule has 0 saturated heterocycles. The van der Waals surface area contributed by atoms with E-state index in [0.29, 0.717) is 28.8 Å². The maximum absolute atomic E-state index is 5.59. The number of aromatic nitrogens is 3. The molecule has 0 bridgehead atoms. The molecular formula is C17H24N4O2S. The van der Waals surface area contributed by atoms with Crippen molar-refractivity contribution in [2.24, 2.45) is 5.10 Å². The molecule has 0 atom stereocenters. The molecule has 0 saturated carbocycles. The van der Waals surface area contributed by atoms with Crippen molar-refractivity contribution in [2.45, 2.75) is 39.5 Å². The Morgan fingerprint density at radius 2 is 2.08 bits per heavy atom. The smallest absolute Gasteiger partial charge is 0.216 e. The molecule has 0 aliphatic heterocycles. The van der Waals surface area contributed by atoms with Gasteiger partial charge in [-0.2, -0.15) is 14.9 Å². The van der Waals surface area contributed by atoms with E-state index < -0.39 is 0 Å². The predicted octanol–water partition coefficient (Wildman–Crippen LogP) is 4.13. The fraction of sp³-hybridized carbons (Fsp3) is 0.471. The Hall–Kier alpha value is -2.15. The van der Waals surface area contributed by atoms with Gasteiger partial charge in [-0.05, 0) is 44.1 Å². The Balaban J connectivity index is 2.41. The zero-order valence-electron chi connectivity index (χ0n) is 14.6. The second kappa shape index (κ2) is 8.63. The molecule has 0 aliphatic carbocycles. The molecule has 0 amide bonds. The van der Waals surface area contributed by atoms with Crippen LogP contribution in [0, 0.1) is 4.77 Å². The van der Waals surface area contributed by atoms with Crippen molar-refractivity contribution < 1.29 is 9.47 Å². The van der Waals surface area contributed by atoms with Crippen LogP contribution in [0.25, 0.3) is 0 Å². The minimum absolute atomic E-state index is 0.312. The second-order valence-electron chi connectivity index (χ2n) is 5.27. The molecule has 130 valence electrons. The van der Waals surface area contributed by atoms with Gasteiger partial charge in [-0.1, -0.05) is 19.9 Å². The lowest BCUT2D eigenvalue weighted by Crippen LogP contribution is -2.05. The third-order valence-electron chi connectivity index (χ3n) is 3.85. The standard InChI is InChI=1S/C17H24N4O2S/c1-5-12(6-2)16-19-20-17(24)21(16)18-11-13-9-8-10-14(23-7-3)15(13)22-4/h8-12H,5-7H2,1-4H3,(H,20,24)/b18-11-. The number of ether oxygens (including phenoxy) is 2. The molecule has 1 heterocycles. The maximum Gasteiger partial charge on any atom is 0.216 e. The summed E-state index contributed by atoms with van der Waals surface area (Å²) in [5, 5.41) is 11.7. The summed E-state index contributed by atoms with van der Waals surface area (Å²) in [5.41, 5.74) is 0.821. The zero-order chi connectivity index (χ0) is 17.5. The monoisotopic (exact) mass is 348 g/mol. The predicted molar refractivity (Wildman–Crippen MR) is 97.9 cm³/mol. The van der Waals surface area contributed by atoms with Crippen LogP contribution in [0.15, 0.2) is 23.3 Å². The molecule has 2 aromatic rings. The summed E-state index contributed by atoms with van der Waals surface area (Å²) >= 11 is 5.31. The highest BCUT2D eigenvalue weighted by Gasteiger charge is 2.15. The molecule has 2 rings (SSSR count). The number of para-hydroxylation sites is 1. The van der Waals surface area contributed by atoms with Crippen LogP contribution >= 0.6 is 12.2 Å². The number of nitrogens with one attached hydrogen (secondary N) is 1. The van der Waals surface area contributed by atoms with E-state index >= 15 is 0 Å². The van der Waals surface area contributed by atoms with Crippen LogP contribution in [-0.4, -0.2) is 34.8 Å². The summed E-state index contributed by atoms with van der Waals surface area (Å²) in [5.74, 6) is 2.51. The van der Waals surface area contributed by atoms with Crippen molar-refractivity contribution >= 4 is 18.4 Å². The summed E-state index contributed by atoms with van der Waals surface area (Å²) in [4.78, 5) is 0. The molecule has 7 heteroatoms. The molecule has 0 aliphatic rings. The summed E-state index contributed by atoms with van der Waals surface area (Å²) < 4.78 is 13.2. The van der Waals surface area contributed by atoms with Crippen LogP contribution < -0.4 is 9.47 Å². The van der Waals surface area contributed by atoms with Crippen LogP contribution in [-0.2, 0) is 0 Å². The largest absolute Gasteiger partial charge is 0.492 e. The van der Waals surface area contributed by atoms with Crippen molar-refractivity contribution in [3.05, 3.63) is 34.4 Å². The molecule has 0 unspecified atom stereocenters. The number of hydrogen-bond acceptors (Lipinski definition) is 5. The van der Waals surface area contributed by atoms with E-state index in [4.69, 9.17) is 21.7 Å². The van der Waals surface area contributed by atoms with Gasteiger partial charge in [0, 0.05) is 11.5 Å². The minimum atomic E-state index is 0.312. The van der Waals surface area contributed by atoms with Crippen molar-refractivity contribution in [1.82, 2.24) is 14.9 Å². The van der Waals surface area contributed by atoms with Crippen molar-refractivity contribution in [3.8, 4) is 11.5 Å². The lowest BCUT2D eigenvalue weighted by Gasteiger charge is -2.12. The highest BCUT2D eigenvalue weighted by atomic mass is 32.1. The Morgan fingerprint density at radius 3 is 2.71 bits per heavy atom. The van der Waals surface area contributed by atoms with Crippen molar-refractivity contribution in [2.75, 3.05) is 13.7 Å². The van der Waals surface area contributed by atoms with Gasteiger partial charge in [0.1, 0.15) is 0 Å². The van der Waals surface area contributed by atoms with Gasteiger partial charge >= 0.3 is 0 Å². The first-order valence-electron chi connectivity index (χ1n) is 8.17. The van der Waals surface area contributed by atoms with Gasteiger partial charge in [0.05, 0.1) is 19.9 Å². The fourth-order valence-electron chi connectivity index (χ4n) is 2.58. The van der Waals surface area contributed by atoms with Gasteiger partial charge in [0.25, 0.3) is 0 Å². The number of methoxy groups -OCH3 is 1. The van der Waals surface area contributed by atoms with Crippen molar-refractivity contribution in [1.29, 1.82) is 0 Å². The van der Waals surface area contributed by atoms with E-state index in [-0.39, 0.29) is 0 Å². The van der Waals surface area contributed by atoms with Crippen molar-refractivity contribution in [3.63, 3.8) is 0 Å². The Kier molecular flexibility index (Phi) is 6.54. The third kappa shape index (κ3) is 3.84. The number of aromatic amines is 1. The van der Waals surface area contributed by atoms with Crippen LogP contribution in [0.1, 0.15) is 50.9 Å². The highest BCUT2D eigenvalue weighted by Crippen LogP contribution is 2.30. The van der Waals surface area contributed by atoms with Crippen LogP contribution in [0.2, 0.25) is 0 Å². The van der Waals surface area contributed by atoms with E-state index in [1.165, 1.54) is 0 Å². The van der Waals surface area contributed by atoms with E-state index in [0.717, 1.165) is 24.2 Å². The minimum Gasteiger partial charge on any atom is -0.492 e. The first kappa shape index (κ1) is 18.2. The lowest BCUT2D eigenvalue weighted by molar-refractivity contribution is 0.310. The third-order valence-corrected chi connectivity index (χ3v) is 4.12. The molecule has 0 fully saturated rings.